The summed E-state index contributed by atoms with van der Waals surface area (Å²) in [5.41, 5.74) is 4.46. The molecule has 0 unspecified atom stereocenters. The number of hydrogen-bond donors (Lipinski definition) is 2. The van der Waals surface area contributed by atoms with E-state index in [-0.39, 0.29) is 10.8 Å². The van der Waals surface area contributed by atoms with E-state index in [4.69, 9.17) is 11.6 Å². The molecule has 150 valence electrons. The van der Waals surface area contributed by atoms with E-state index in [1.807, 2.05) is 32.9 Å². The van der Waals surface area contributed by atoms with Gasteiger partial charge in [0.25, 0.3) is 15.9 Å². The lowest BCUT2D eigenvalue weighted by molar-refractivity contribution is 0.102. The van der Waals surface area contributed by atoms with Crippen molar-refractivity contribution < 1.29 is 13.2 Å². The van der Waals surface area contributed by atoms with Gasteiger partial charge in [-0.25, -0.2) is 8.42 Å². The van der Waals surface area contributed by atoms with E-state index in [1.165, 1.54) is 30.3 Å². The monoisotopic (exact) mass is 428 g/mol. The van der Waals surface area contributed by atoms with Crippen LogP contribution in [0.4, 0.5) is 11.4 Å². The van der Waals surface area contributed by atoms with Gasteiger partial charge in [-0.15, -0.1) is 0 Å². The van der Waals surface area contributed by atoms with Crippen LogP contribution < -0.4 is 10.0 Å². The first-order valence-corrected chi connectivity index (χ1v) is 10.8. The zero-order valence-electron chi connectivity index (χ0n) is 16.3. The average Bonchev–Trinajstić information content (AvgIpc) is 2.64. The molecule has 7 heteroatoms. The van der Waals surface area contributed by atoms with Gasteiger partial charge in [0.05, 0.1) is 4.90 Å². The second kappa shape index (κ2) is 8.27. The third-order valence-electron chi connectivity index (χ3n) is 4.42. The first-order valence-electron chi connectivity index (χ1n) is 8.93. The smallest absolute Gasteiger partial charge is 0.261 e. The van der Waals surface area contributed by atoms with Crippen molar-refractivity contribution >= 4 is 38.9 Å². The lowest BCUT2D eigenvalue weighted by Crippen LogP contribution is -2.16. The highest BCUT2D eigenvalue weighted by atomic mass is 35.5. The standard InChI is InChI=1S/C22H21ClN2O3S/c1-14-11-15(2)21(16(3)12-14)24-22(26)17-5-4-6-19(13-17)25-29(27,28)20-9-7-18(23)8-10-20/h4-13,25H,1-3H3,(H,24,26). The molecule has 0 radical (unpaired) electrons. The van der Waals surface area contributed by atoms with Crippen molar-refractivity contribution in [3.8, 4) is 0 Å². The van der Waals surface area contributed by atoms with Crippen molar-refractivity contribution in [2.24, 2.45) is 0 Å². The molecule has 0 aliphatic carbocycles. The van der Waals surface area contributed by atoms with Crippen LogP contribution in [0.5, 0.6) is 0 Å². The van der Waals surface area contributed by atoms with Crippen LogP contribution in [0.25, 0.3) is 0 Å². The highest BCUT2D eigenvalue weighted by molar-refractivity contribution is 7.92. The number of carbonyl (C=O) groups excluding carboxylic acids is 1. The number of carbonyl (C=O) groups is 1. The van der Waals surface area contributed by atoms with Gasteiger partial charge >= 0.3 is 0 Å². The minimum Gasteiger partial charge on any atom is -0.322 e. The molecule has 2 N–H and O–H groups in total. The fourth-order valence-electron chi connectivity index (χ4n) is 3.11. The molecule has 0 aliphatic heterocycles. The zero-order chi connectivity index (χ0) is 21.2. The maximum Gasteiger partial charge on any atom is 0.261 e. The topological polar surface area (TPSA) is 75.3 Å². The average molecular weight is 429 g/mol. The molecule has 5 nitrogen and oxygen atoms in total. The Morgan fingerprint density at radius 2 is 1.52 bits per heavy atom. The molecule has 0 aromatic heterocycles. The Balaban J connectivity index is 1.82. The molecule has 0 saturated heterocycles. The summed E-state index contributed by atoms with van der Waals surface area (Å²) in [6.45, 7) is 5.88. The fraction of sp³-hybridized carbons (Fsp3) is 0.136. The van der Waals surface area contributed by atoms with Gasteiger partial charge in [-0.2, -0.15) is 0 Å². The summed E-state index contributed by atoms with van der Waals surface area (Å²) >= 11 is 5.82. The van der Waals surface area contributed by atoms with Gasteiger partial charge in [0.2, 0.25) is 0 Å². The zero-order valence-corrected chi connectivity index (χ0v) is 17.9. The second-order valence-corrected chi connectivity index (χ2v) is 8.99. The number of amides is 1. The van der Waals surface area contributed by atoms with Gasteiger partial charge in [-0.3, -0.25) is 9.52 Å². The molecule has 0 saturated carbocycles. The van der Waals surface area contributed by atoms with Gasteiger partial charge in [-0.05, 0) is 74.4 Å². The molecule has 3 aromatic carbocycles. The highest BCUT2D eigenvalue weighted by Crippen LogP contribution is 2.24. The van der Waals surface area contributed by atoms with Gasteiger partial charge in [0, 0.05) is 22.0 Å². The molecule has 29 heavy (non-hydrogen) atoms. The summed E-state index contributed by atoms with van der Waals surface area (Å²) < 4.78 is 27.6. The molecule has 0 atom stereocenters. The number of anilines is 2. The van der Waals surface area contributed by atoms with E-state index >= 15 is 0 Å². The van der Waals surface area contributed by atoms with E-state index in [1.54, 1.807) is 18.2 Å². The third kappa shape index (κ3) is 4.96. The SMILES string of the molecule is Cc1cc(C)c(NC(=O)c2cccc(NS(=O)(=O)c3ccc(Cl)cc3)c2)c(C)c1. The lowest BCUT2D eigenvalue weighted by Gasteiger charge is -2.14. The molecule has 0 fully saturated rings. The number of rotatable bonds is 5. The first-order chi connectivity index (χ1) is 13.7. The van der Waals surface area contributed by atoms with Crippen LogP contribution in [0.1, 0.15) is 27.0 Å². The maximum absolute atomic E-state index is 12.7. The van der Waals surface area contributed by atoms with Crippen LogP contribution in [0.3, 0.4) is 0 Å². The number of sulfonamides is 1. The molecule has 3 rings (SSSR count). The van der Waals surface area contributed by atoms with Crippen molar-refractivity contribution in [1.82, 2.24) is 0 Å². The number of aryl methyl sites for hydroxylation is 3. The van der Waals surface area contributed by atoms with Crippen LogP contribution >= 0.6 is 11.6 Å². The molecular weight excluding hydrogens is 408 g/mol. The van der Waals surface area contributed by atoms with Gasteiger partial charge in [0.1, 0.15) is 0 Å². The summed E-state index contributed by atoms with van der Waals surface area (Å²) in [6, 6.07) is 16.2. The summed E-state index contributed by atoms with van der Waals surface area (Å²) in [7, 11) is -3.79. The van der Waals surface area contributed by atoms with E-state index in [0.29, 0.717) is 16.3 Å². The minimum absolute atomic E-state index is 0.0858. The predicted molar refractivity (Wildman–Crippen MR) is 117 cm³/mol. The van der Waals surface area contributed by atoms with Crippen molar-refractivity contribution in [3.63, 3.8) is 0 Å². The summed E-state index contributed by atoms with van der Waals surface area (Å²) in [6.07, 6.45) is 0. The number of benzene rings is 3. The second-order valence-electron chi connectivity index (χ2n) is 6.87. The van der Waals surface area contributed by atoms with Crippen LogP contribution in [-0.2, 0) is 10.0 Å². The molecule has 0 bridgehead atoms. The van der Waals surface area contributed by atoms with E-state index < -0.39 is 10.0 Å². The Morgan fingerprint density at radius 3 is 2.14 bits per heavy atom. The van der Waals surface area contributed by atoms with Gasteiger partial charge < -0.3 is 5.32 Å². The van der Waals surface area contributed by atoms with Crippen molar-refractivity contribution in [3.05, 3.63) is 87.9 Å². The van der Waals surface area contributed by atoms with Crippen LogP contribution in [0.15, 0.2) is 65.6 Å². The van der Waals surface area contributed by atoms with Crippen LogP contribution in [0.2, 0.25) is 5.02 Å². The van der Waals surface area contributed by atoms with Crippen molar-refractivity contribution in [1.29, 1.82) is 0 Å². The summed E-state index contributed by atoms with van der Waals surface area (Å²) in [5, 5.41) is 3.37. The molecule has 0 heterocycles. The van der Waals surface area contributed by atoms with E-state index in [2.05, 4.69) is 10.0 Å². The molecular formula is C22H21ClN2O3S. The molecule has 0 aliphatic rings. The van der Waals surface area contributed by atoms with E-state index in [0.717, 1.165) is 22.4 Å². The van der Waals surface area contributed by atoms with Crippen molar-refractivity contribution in [2.45, 2.75) is 25.7 Å². The summed E-state index contributed by atoms with van der Waals surface area (Å²) in [4.78, 5) is 12.8. The quantitative estimate of drug-likeness (QED) is 0.577. The Morgan fingerprint density at radius 1 is 0.897 bits per heavy atom. The number of halogens is 1. The Bertz CT molecular complexity index is 1150. The third-order valence-corrected chi connectivity index (χ3v) is 6.07. The maximum atomic E-state index is 12.7. The van der Waals surface area contributed by atoms with E-state index in [9.17, 15) is 13.2 Å². The largest absolute Gasteiger partial charge is 0.322 e. The molecule has 0 spiro atoms. The van der Waals surface area contributed by atoms with Gasteiger partial charge in [-0.1, -0.05) is 35.4 Å². The highest BCUT2D eigenvalue weighted by Gasteiger charge is 2.16. The van der Waals surface area contributed by atoms with Crippen LogP contribution in [-0.4, -0.2) is 14.3 Å². The fourth-order valence-corrected chi connectivity index (χ4v) is 4.29. The Labute approximate surface area is 175 Å². The Kier molecular flexibility index (Phi) is 5.96. The predicted octanol–water partition coefficient (Wildman–Crippen LogP) is 5.32. The Hall–Kier alpha value is -2.83. The van der Waals surface area contributed by atoms with Crippen molar-refractivity contribution in [2.75, 3.05) is 10.0 Å². The molecule has 3 aromatic rings. The summed E-state index contributed by atoms with van der Waals surface area (Å²) in [5.74, 6) is -0.312. The first kappa shape index (κ1) is 20.9. The number of hydrogen-bond acceptors (Lipinski definition) is 3. The molecule has 1 amide bonds. The van der Waals surface area contributed by atoms with Gasteiger partial charge in [0.15, 0.2) is 0 Å². The minimum atomic E-state index is -3.79. The lowest BCUT2D eigenvalue weighted by atomic mass is 10.0. The number of nitrogens with one attached hydrogen (secondary N) is 2. The normalized spacial score (nSPS) is 11.2. The van der Waals surface area contributed by atoms with Crippen LogP contribution in [0, 0.1) is 20.8 Å².